The van der Waals surface area contributed by atoms with Crippen LogP contribution in [0.1, 0.15) is 104 Å². The highest BCUT2D eigenvalue weighted by Crippen LogP contribution is 2.87. The number of hydrogen-bond acceptors (Lipinski definition) is 1. The summed E-state index contributed by atoms with van der Waals surface area (Å²) in [5.41, 5.74) is 0. The minimum absolute atomic E-state index is 0.209. The monoisotopic (exact) mass is 361 g/mol. The lowest BCUT2D eigenvalue weighted by Gasteiger charge is -2.48. The molecule has 0 rings (SSSR count). The molecule has 1 nitrogen and oxygen atoms in total. The second-order valence-electron chi connectivity index (χ2n) is 11.9. The highest BCUT2D eigenvalue weighted by molar-refractivity contribution is 7.82. The average molecular weight is 362 g/mol. The number of rotatable bonds is 1. The quantitative estimate of drug-likeness (QED) is 0.415. The largest absolute Gasteiger partial charge is 0.256 e. The molecular formula is C20H45NP2+2. The van der Waals surface area contributed by atoms with Crippen molar-refractivity contribution in [3.05, 3.63) is 0 Å². The van der Waals surface area contributed by atoms with E-state index >= 15 is 0 Å². The molecule has 0 spiro atoms. The third-order valence-corrected chi connectivity index (χ3v) is 14.6. The van der Waals surface area contributed by atoms with Crippen LogP contribution < -0.4 is 0 Å². The van der Waals surface area contributed by atoms with Crippen LogP contribution in [0.4, 0.5) is 0 Å². The van der Waals surface area contributed by atoms with Crippen molar-refractivity contribution in [2.24, 2.45) is 4.52 Å². The van der Waals surface area contributed by atoms with Crippen LogP contribution in [0.15, 0.2) is 4.52 Å². The Balaban J connectivity index is 7.04. The molecule has 0 amide bonds. The molecule has 138 valence electrons. The van der Waals surface area contributed by atoms with Crippen LogP contribution >= 0.6 is 15.1 Å². The van der Waals surface area contributed by atoms with E-state index in [9.17, 15) is 0 Å². The third kappa shape index (κ3) is 4.79. The predicted molar refractivity (Wildman–Crippen MR) is 115 cm³/mol. The van der Waals surface area contributed by atoms with E-state index < -0.39 is 15.1 Å². The Hall–Kier alpha value is 0.530. The smallest absolute Gasteiger partial charge is 0.0236 e. The van der Waals surface area contributed by atoms with Gasteiger partial charge in [0.15, 0.2) is 7.41 Å². The first kappa shape index (κ1) is 23.5. The molecule has 0 bridgehead atoms. The van der Waals surface area contributed by atoms with Crippen molar-refractivity contribution in [3.63, 3.8) is 0 Å². The van der Waals surface area contributed by atoms with E-state index in [2.05, 4.69) is 104 Å². The molecule has 0 saturated heterocycles. The van der Waals surface area contributed by atoms with E-state index in [0.29, 0.717) is 0 Å². The highest BCUT2D eigenvalue weighted by atomic mass is 31.2. The Morgan fingerprint density at radius 1 is 0.478 bits per heavy atom. The molecule has 0 aromatic heterocycles. The van der Waals surface area contributed by atoms with E-state index in [4.69, 9.17) is 4.52 Å². The van der Waals surface area contributed by atoms with Crippen LogP contribution in [0.2, 0.25) is 0 Å². The van der Waals surface area contributed by atoms with Gasteiger partial charge in [-0.2, -0.15) is 0 Å². The molecule has 0 aromatic carbocycles. The van der Waals surface area contributed by atoms with Crippen LogP contribution in [-0.4, -0.2) is 25.8 Å². The standard InChI is InChI=1S/C20H45NP2/c1-16(2,3)22(17(4,5)6)21-23(18(7,8)9,19(10,11)12)20(13,14)15/h1-15H3/q+2. The van der Waals surface area contributed by atoms with Gasteiger partial charge in [-0.3, -0.25) is 0 Å². The summed E-state index contributed by atoms with van der Waals surface area (Å²) in [5, 5.41) is 1.10. The van der Waals surface area contributed by atoms with Crippen LogP contribution in [0.25, 0.3) is 0 Å². The van der Waals surface area contributed by atoms with Gasteiger partial charge in [0.1, 0.15) is 10.3 Å². The maximum atomic E-state index is 5.94. The minimum atomic E-state index is -1.64. The van der Waals surface area contributed by atoms with Gasteiger partial charge in [0.25, 0.3) is 7.71 Å². The molecule has 0 atom stereocenters. The SMILES string of the molecule is CC(C)(C)[P+](=N[P+](C(C)(C)C)(C(C)(C)C)C(C)(C)C)C(C)(C)C. The van der Waals surface area contributed by atoms with E-state index in [1.165, 1.54) is 0 Å². The number of hydrogen-bond donors (Lipinski definition) is 0. The van der Waals surface area contributed by atoms with Crippen molar-refractivity contribution >= 4 is 15.1 Å². The summed E-state index contributed by atoms with van der Waals surface area (Å²) in [6, 6.07) is 0. The van der Waals surface area contributed by atoms with Crippen molar-refractivity contribution < 1.29 is 0 Å². The molecule has 0 aliphatic carbocycles. The Kier molecular flexibility index (Phi) is 6.50. The van der Waals surface area contributed by atoms with Gasteiger partial charge in [-0.25, -0.2) is 0 Å². The van der Waals surface area contributed by atoms with Crippen LogP contribution in [0, 0.1) is 0 Å². The fourth-order valence-corrected chi connectivity index (χ4v) is 19.3. The van der Waals surface area contributed by atoms with Crippen molar-refractivity contribution in [2.75, 3.05) is 0 Å². The summed E-state index contributed by atoms with van der Waals surface area (Å²) in [7, 11) is -2.09. The Morgan fingerprint density at radius 3 is 0.826 bits per heavy atom. The molecule has 0 saturated carbocycles. The van der Waals surface area contributed by atoms with Crippen molar-refractivity contribution in [3.8, 4) is 0 Å². The Labute approximate surface area is 149 Å². The summed E-state index contributed by atoms with van der Waals surface area (Å²) in [4.78, 5) is 0. The molecular weight excluding hydrogens is 316 g/mol. The molecule has 0 heterocycles. The molecule has 23 heavy (non-hydrogen) atoms. The topological polar surface area (TPSA) is 12.4 Å². The molecule has 0 unspecified atom stereocenters. The van der Waals surface area contributed by atoms with Gasteiger partial charge in [0.05, 0.1) is 15.5 Å². The van der Waals surface area contributed by atoms with Gasteiger partial charge < -0.3 is 0 Å². The van der Waals surface area contributed by atoms with Gasteiger partial charge >= 0.3 is 0 Å². The highest BCUT2D eigenvalue weighted by Gasteiger charge is 2.70. The lowest BCUT2D eigenvalue weighted by Crippen LogP contribution is -2.42. The van der Waals surface area contributed by atoms with E-state index in [1.54, 1.807) is 0 Å². The second kappa shape index (κ2) is 6.36. The normalized spacial score (nSPS) is 15.6. The molecule has 3 heteroatoms. The molecule has 0 radical (unpaired) electrons. The average Bonchev–Trinajstić information content (AvgIpc) is 2.05. The zero-order valence-electron chi connectivity index (χ0n) is 18.8. The van der Waals surface area contributed by atoms with Crippen molar-refractivity contribution in [2.45, 2.75) is 130 Å². The van der Waals surface area contributed by atoms with Crippen LogP contribution in [-0.2, 0) is 0 Å². The van der Waals surface area contributed by atoms with Gasteiger partial charge in [-0.05, 0) is 104 Å². The lowest BCUT2D eigenvalue weighted by atomic mass is 10.2. The van der Waals surface area contributed by atoms with Crippen LogP contribution in [0.5, 0.6) is 0 Å². The predicted octanol–water partition coefficient (Wildman–Crippen LogP) is 8.58. The first-order valence-corrected chi connectivity index (χ1v) is 12.1. The molecule has 0 N–H and O–H groups in total. The van der Waals surface area contributed by atoms with Gasteiger partial charge in [0.2, 0.25) is 0 Å². The zero-order valence-corrected chi connectivity index (χ0v) is 20.6. The molecule has 0 aliphatic heterocycles. The second-order valence-corrected chi connectivity index (χ2v) is 21.2. The Morgan fingerprint density at radius 2 is 0.696 bits per heavy atom. The first-order chi connectivity index (χ1) is 9.59. The van der Waals surface area contributed by atoms with E-state index in [-0.39, 0.29) is 25.8 Å². The van der Waals surface area contributed by atoms with Crippen molar-refractivity contribution in [1.82, 2.24) is 0 Å². The number of nitrogens with zero attached hydrogens (tertiary/aromatic N) is 1. The molecule has 0 fully saturated rings. The zero-order chi connectivity index (χ0) is 19.3. The first-order valence-electron chi connectivity index (χ1n) is 9.02. The summed E-state index contributed by atoms with van der Waals surface area (Å²) in [6.45, 7) is 36.2. The van der Waals surface area contributed by atoms with Crippen LogP contribution in [0.3, 0.4) is 0 Å². The van der Waals surface area contributed by atoms with E-state index in [1.807, 2.05) is 0 Å². The minimum Gasteiger partial charge on any atom is -0.0236 e. The fourth-order valence-electron chi connectivity index (χ4n) is 4.83. The lowest BCUT2D eigenvalue weighted by molar-refractivity contribution is 0.617. The maximum absolute atomic E-state index is 5.94. The van der Waals surface area contributed by atoms with Gasteiger partial charge in [-0.15, -0.1) is 0 Å². The summed E-state index contributed by atoms with van der Waals surface area (Å²) < 4.78 is 5.94. The Bertz CT molecular complexity index is 388. The fraction of sp³-hybridized carbons (Fsp3) is 1.00. The van der Waals surface area contributed by atoms with Crippen molar-refractivity contribution in [1.29, 1.82) is 0 Å². The summed E-state index contributed by atoms with van der Waals surface area (Å²) >= 11 is 0. The summed E-state index contributed by atoms with van der Waals surface area (Å²) in [5.74, 6) is 0. The van der Waals surface area contributed by atoms with Gasteiger partial charge in [-0.1, -0.05) is 0 Å². The van der Waals surface area contributed by atoms with Gasteiger partial charge in [0, 0.05) is 4.52 Å². The van der Waals surface area contributed by atoms with E-state index in [0.717, 1.165) is 0 Å². The maximum Gasteiger partial charge on any atom is 0.256 e. The summed E-state index contributed by atoms with van der Waals surface area (Å²) in [6.07, 6.45) is 0. The molecule has 0 aromatic rings. The molecule has 0 aliphatic rings. The third-order valence-electron chi connectivity index (χ3n) is 4.41.